The molecule has 0 amide bonds. The Hall–Kier alpha value is -0.980. The van der Waals surface area contributed by atoms with Gasteiger partial charge in [0.25, 0.3) is 0 Å². The van der Waals surface area contributed by atoms with Crippen LogP contribution in [-0.4, -0.2) is 34.8 Å². The lowest BCUT2D eigenvalue weighted by Gasteiger charge is -2.48. The van der Waals surface area contributed by atoms with Crippen LogP contribution < -0.4 is 5.32 Å². The zero-order valence-electron chi connectivity index (χ0n) is 11.7. The monoisotopic (exact) mass is 354 g/mol. The van der Waals surface area contributed by atoms with E-state index in [0.717, 1.165) is 35.7 Å². The van der Waals surface area contributed by atoms with Gasteiger partial charge in [-0.2, -0.15) is 0 Å². The lowest BCUT2D eigenvalue weighted by molar-refractivity contribution is -0.156. The molecule has 2 unspecified atom stereocenters. The van der Waals surface area contributed by atoms with Crippen LogP contribution in [0, 0.1) is 0 Å². The zero-order valence-corrected chi connectivity index (χ0v) is 13.3. The second-order valence-corrected chi connectivity index (χ2v) is 6.79. The highest BCUT2D eigenvalue weighted by atomic mass is 79.9. The molecule has 2 saturated heterocycles. The number of pyridine rings is 1. The number of carboxylic acids is 1. The Kier molecular flexibility index (Phi) is 4.28. The molecular formula is C15H19BrN2O3. The Morgan fingerprint density at radius 2 is 2.19 bits per heavy atom. The molecule has 1 aromatic rings. The van der Waals surface area contributed by atoms with E-state index in [4.69, 9.17) is 9.84 Å². The van der Waals surface area contributed by atoms with Crippen molar-refractivity contribution in [2.45, 2.75) is 49.8 Å². The predicted octanol–water partition coefficient (Wildman–Crippen LogP) is 2.45. The van der Waals surface area contributed by atoms with Crippen LogP contribution in [-0.2, 0) is 15.1 Å². The highest BCUT2D eigenvalue weighted by Gasteiger charge is 2.45. The normalized spacial score (nSPS) is 31.9. The molecule has 0 radical (unpaired) electrons. The number of hydrogen-bond acceptors (Lipinski definition) is 4. The number of aliphatic carboxylic acids is 1. The molecule has 3 rings (SSSR count). The fourth-order valence-electron chi connectivity index (χ4n) is 3.67. The molecule has 5 nitrogen and oxygen atoms in total. The molecule has 0 saturated carbocycles. The predicted molar refractivity (Wildman–Crippen MR) is 81.0 cm³/mol. The van der Waals surface area contributed by atoms with E-state index in [1.54, 1.807) is 12.4 Å². The molecule has 6 heteroatoms. The van der Waals surface area contributed by atoms with Crippen LogP contribution in [0.4, 0.5) is 0 Å². The molecule has 3 heterocycles. The van der Waals surface area contributed by atoms with Crippen LogP contribution in [0.25, 0.3) is 0 Å². The molecule has 2 bridgehead atoms. The quantitative estimate of drug-likeness (QED) is 0.868. The molecule has 0 spiro atoms. The highest BCUT2D eigenvalue weighted by molar-refractivity contribution is 9.10. The second kappa shape index (κ2) is 6.02. The Labute approximate surface area is 132 Å². The van der Waals surface area contributed by atoms with E-state index >= 15 is 0 Å². The van der Waals surface area contributed by atoms with Crippen molar-refractivity contribution in [3.63, 3.8) is 0 Å². The number of nitrogens with one attached hydrogen (secondary N) is 1. The van der Waals surface area contributed by atoms with E-state index in [1.165, 1.54) is 6.42 Å². The summed E-state index contributed by atoms with van der Waals surface area (Å²) in [7, 11) is 0. The first kappa shape index (κ1) is 14.9. The van der Waals surface area contributed by atoms with Gasteiger partial charge < -0.3 is 15.2 Å². The molecule has 2 N–H and O–H groups in total. The van der Waals surface area contributed by atoms with Crippen molar-refractivity contribution in [2.75, 3.05) is 6.61 Å². The molecule has 114 valence electrons. The van der Waals surface area contributed by atoms with Crippen LogP contribution in [0.15, 0.2) is 22.9 Å². The molecular weight excluding hydrogens is 336 g/mol. The summed E-state index contributed by atoms with van der Waals surface area (Å²) in [6.45, 7) is -0.270. The van der Waals surface area contributed by atoms with Crippen molar-refractivity contribution in [1.29, 1.82) is 0 Å². The first-order valence-electron chi connectivity index (χ1n) is 7.31. The molecule has 0 aromatic carbocycles. The first-order valence-corrected chi connectivity index (χ1v) is 8.10. The van der Waals surface area contributed by atoms with E-state index < -0.39 is 11.6 Å². The summed E-state index contributed by atoms with van der Waals surface area (Å²) in [5.41, 5.74) is 0.471. The maximum Gasteiger partial charge on any atom is 0.329 e. The van der Waals surface area contributed by atoms with Gasteiger partial charge in [0, 0.05) is 34.5 Å². The van der Waals surface area contributed by atoms with Gasteiger partial charge in [0.15, 0.2) is 0 Å². The average Bonchev–Trinajstić information content (AvgIpc) is 2.45. The van der Waals surface area contributed by atoms with Crippen LogP contribution in [0.1, 0.15) is 37.7 Å². The lowest BCUT2D eigenvalue weighted by Crippen LogP contribution is -2.55. The number of hydrogen-bond donors (Lipinski definition) is 2. The van der Waals surface area contributed by atoms with E-state index in [-0.39, 0.29) is 6.61 Å². The number of piperidine rings is 2. The van der Waals surface area contributed by atoms with Gasteiger partial charge in [-0.1, -0.05) is 6.42 Å². The second-order valence-electron chi connectivity index (χ2n) is 5.93. The van der Waals surface area contributed by atoms with Gasteiger partial charge in [-0.15, -0.1) is 0 Å². The van der Waals surface area contributed by atoms with Gasteiger partial charge in [-0.3, -0.25) is 4.98 Å². The molecule has 2 aliphatic rings. The summed E-state index contributed by atoms with van der Waals surface area (Å²) in [6.07, 6.45) is 8.57. The summed E-state index contributed by atoms with van der Waals surface area (Å²) in [6, 6.07) is 2.73. The van der Waals surface area contributed by atoms with Crippen molar-refractivity contribution in [3.05, 3.63) is 28.5 Å². The largest absolute Gasteiger partial charge is 0.480 e. The minimum Gasteiger partial charge on any atom is -0.480 e. The van der Waals surface area contributed by atoms with Gasteiger partial charge in [-0.05, 0) is 47.7 Å². The average molecular weight is 355 g/mol. The maximum absolute atomic E-state index is 11.0. The smallest absolute Gasteiger partial charge is 0.329 e. The van der Waals surface area contributed by atoms with E-state index in [2.05, 4.69) is 26.2 Å². The van der Waals surface area contributed by atoms with Gasteiger partial charge in [0.05, 0.1) is 5.60 Å². The van der Waals surface area contributed by atoms with Gasteiger partial charge in [-0.25, -0.2) is 4.79 Å². The highest BCUT2D eigenvalue weighted by Crippen LogP contribution is 2.44. The molecule has 2 aliphatic heterocycles. The topological polar surface area (TPSA) is 71.5 Å². The number of halogens is 1. The van der Waals surface area contributed by atoms with Gasteiger partial charge in [0.2, 0.25) is 0 Å². The van der Waals surface area contributed by atoms with Crippen molar-refractivity contribution in [1.82, 2.24) is 10.3 Å². The van der Waals surface area contributed by atoms with Gasteiger partial charge >= 0.3 is 5.97 Å². The number of fused-ring (bicyclic) bond motifs is 2. The van der Waals surface area contributed by atoms with Crippen molar-refractivity contribution in [3.8, 4) is 0 Å². The number of rotatable bonds is 4. The number of aromatic nitrogens is 1. The third-order valence-electron chi connectivity index (χ3n) is 4.46. The van der Waals surface area contributed by atoms with Crippen molar-refractivity contribution < 1.29 is 14.6 Å². The summed E-state index contributed by atoms with van der Waals surface area (Å²) >= 11 is 3.54. The Bertz CT molecular complexity index is 525. The van der Waals surface area contributed by atoms with Crippen LogP contribution >= 0.6 is 15.9 Å². The third-order valence-corrected chi connectivity index (χ3v) is 5.10. The fourth-order valence-corrected chi connectivity index (χ4v) is 4.28. The Morgan fingerprint density at radius 3 is 2.81 bits per heavy atom. The summed E-state index contributed by atoms with van der Waals surface area (Å²) < 4.78 is 6.82. The van der Waals surface area contributed by atoms with Crippen molar-refractivity contribution >= 4 is 21.9 Å². The minimum absolute atomic E-state index is 0.270. The Morgan fingerprint density at radius 1 is 1.48 bits per heavy atom. The molecule has 2 atom stereocenters. The van der Waals surface area contributed by atoms with Crippen LogP contribution in [0.5, 0.6) is 0 Å². The third kappa shape index (κ3) is 3.12. The minimum atomic E-state index is -0.928. The van der Waals surface area contributed by atoms with Crippen LogP contribution in [0.3, 0.4) is 0 Å². The summed E-state index contributed by atoms with van der Waals surface area (Å²) in [5.74, 6) is -0.928. The summed E-state index contributed by atoms with van der Waals surface area (Å²) in [4.78, 5) is 15.1. The summed E-state index contributed by atoms with van der Waals surface area (Å²) in [5, 5.41) is 12.6. The van der Waals surface area contributed by atoms with Gasteiger partial charge in [0.1, 0.15) is 6.61 Å². The maximum atomic E-state index is 11.0. The lowest BCUT2D eigenvalue weighted by atomic mass is 9.74. The molecule has 21 heavy (non-hydrogen) atoms. The zero-order chi connectivity index (χ0) is 14.9. The molecule has 2 fully saturated rings. The van der Waals surface area contributed by atoms with E-state index in [0.29, 0.717) is 12.1 Å². The standard InChI is InChI=1S/C15H19BrN2O3/c16-13-8-17-5-4-12(13)15(21-9-14(19)20)6-10-2-1-3-11(7-15)18-10/h4-5,8,10-11,18H,1-3,6-7,9H2,(H,19,20). The van der Waals surface area contributed by atoms with E-state index in [1.807, 2.05) is 6.07 Å². The fraction of sp³-hybridized carbons (Fsp3) is 0.600. The van der Waals surface area contributed by atoms with Crippen molar-refractivity contribution in [2.24, 2.45) is 0 Å². The number of nitrogens with zero attached hydrogens (tertiary/aromatic N) is 1. The van der Waals surface area contributed by atoms with Crippen LogP contribution in [0.2, 0.25) is 0 Å². The first-order chi connectivity index (χ1) is 10.1. The van der Waals surface area contributed by atoms with E-state index in [9.17, 15) is 4.79 Å². The number of carboxylic acid groups (broad SMARTS) is 1. The number of carbonyl (C=O) groups is 1. The SMILES string of the molecule is O=C(O)COC1(c2ccncc2Br)CC2CCCC(C1)N2. The Balaban J connectivity index is 1.95. The molecule has 1 aromatic heterocycles. The molecule has 0 aliphatic carbocycles. The number of ether oxygens (including phenoxy) is 1.